The first-order valence-corrected chi connectivity index (χ1v) is 13.6. The van der Waals surface area contributed by atoms with Gasteiger partial charge in [0, 0.05) is 55.2 Å². The fourth-order valence-electron chi connectivity index (χ4n) is 5.41. The lowest BCUT2D eigenvalue weighted by molar-refractivity contribution is -0.170. The summed E-state index contributed by atoms with van der Waals surface area (Å²) in [5, 5.41) is 40.4. The molecule has 1 aliphatic rings. The summed E-state index contributed by atoms with van der Waals surface area (Å²) in [6, 6.07) is 12.9. The number of nitrogens with zero attached hydrogens (tertiary/aromatic N) is 2. The van der Waals surface area contributed by atoms with E-state index in [1.54, 1.807) is 0 Å². The van der Waals surface area contributed by atoms with E-state index >= 15 is 0 Å². The number of piperidine rings is 1. The Labute approximate surface area is 245 Å². The van der Waals surface area contributed by atoms with Crippen LogP contribution >= 0.6 is 0 Å². The SMILES string of the molecule is CC(=O)Nc1ccc(CN(Cc2ccncc2)C2CC(C)(C)NC(C)(C)C2)cc1.O=C(O)CC(O)(CC(=O)O)C(=O)O. The van der Waals surface area contributed by atoms with Crippen molar-refractivity contribution in [1.82, 2.24) is 15.2 Å². The monoisotopic (exact) mass is 586 g/mol. The lowest BCUT2D eigenvalue weighted by Gasteiger charge is -2.49. The highest BCUT2D eigenvalue weighted by atomic mass is 16.4. The van der Waals surface area contributed by atoms with E-state index in [-0.39, 0.29) is 17.0 Å². The molecule has 3 rings (SSSR count). The van der Waals surface area contributed by atoms with Gasteiger partial charge in [0.1, 0.15) is 0 Å². The summed E-state index contributed by atoms with van der Waals surface area (Å²) < 4.78 is 0. The topological polar surface area (TPSA) is 189 Å². The van der Waals surface area contributed by atoms with Crippen LogP contribution in [0.1, 0.15) is 71.4 Å². The number of aromatic nitrogens is 1. The van der Waals surface area contributed by atoms with Gasteiger partial charge < -0.3 is 31.1 Å². The van der Waals surface area contributed by atoms with Gasteiger partial charge in [-0.3, -0.25) is 24.3 Å². The van der Waals surface area contributed by atoms with E-state index in [0.29, 0.717) is 6.04 Å². The third-order valence-electron chi connectivity index (χ3n) is 6.77. The normalized spacial score (nSPS) is 16.2. The zero-order valence-electron chi connectivity index (χ0n) is 24.8. The van der Waals surface area contributed by atoms with Gasteiger partial charge in [-0.25, -0.2) is 4.79 Å². The van der Waals surface area contributed by atoms with Crippen LogP contribution in [-0.4, -0.2) is 76.8 Å². The molecule has 1 aromatic heterocycles. The minimum Gasteiger partial charge on any atom is -0.481 e. The van der Waals surface area contributed by atoms with Crippen LogP contribution in [0.5, 0.6) is 0 Å². The number of carbonyl (C=O) groups is 4. The predicted molar refractivity (Wildman–Crippen MR) is 156 cm³/mol. The van der Waals surface area contributed by atoms with E-state index in [4.69, 9.17) is 20.4 Å². The van der Waals surface area contributed by atoms with Crippen LogP contribution in [-0.2, 0) is 32.3 Å². The molecule has 0 radical (unpaired) electrons. The van der Waals surface area contributed by atoms with E-state index < -0.39 is 36.4 Å². The van der Waals surface area contributed by atoms with Gasteiger partial charge in [0.05, 0.1) is 12.8 Å². The number of benzene rings is 1. The first-order chi connectivity index (χ1) is 19.4. The predicted octanol–water partition coefficient (Wildman–Crippen LogP) is 3.10. The lowest BCUT2D eigenvalue weighted by atomic mass is 9.79. The van der Waals surface area contributed by atoms with Gasteiger partial charge in [-0.15, -0.1) is 0 Å². The number of pyridine rings is 1. The Morgan fingerprint density at radius 2 is 1.33 bits per heavy atom. The quantitative estimate of drug-likeness (QED) is 0.227. The number of aliphatic hydroxyl groups is 1. The molecule has 0 spiro atoms. The van der Waals surface area contributed by atoms with Gasteiger partial charge in [0.25, 0.3) is 0 Å². The van der Waals surface area contributed by atoms with Crippen LogP contribution in [0.3, 0.4) is 0 Å². The van der Waals surface area contributed by atoms with Crippen molar-refractivity contribution in [3.63, 3.8) is 0 Å². The minimum atomic E-state index is -2.74. The zero-order valence-corrected chi connectivity index (χ0v) is 24.8. The highest BCUT2D eigenvalue weighted by molar-refractivity contribution is 5.89. The minimum absolute atomic E-state index is 0.0452. The Morgan fingerprint density at radius 1 is 0.881 bits per heavy atom. The van der Waals surface area contributed by atoms with Crippen molar-refractivity contribution in [2.45, 2.75) is 96.1 Å². The Balaban J connectivity index is 0.000000401. The summed E-state index contributed by atoms with van der Waals surface area (Å²) in [5.41, 5.74) is 0.825. The molecule has 1 saturated heterocycles. The van der Waals surface area contributed by atoms with E-state index in [9.17, 15) is 19.2 Å². The Kier molecular flexibility index (Phi) is 11.7. The average molecular weight is 587 g/mol. The summed E-state index contributed by atoms with van der Waals surface area (Å²) in [6.45, 7) is 12.5. The maximum Gasteiger partial charge on any atom is 0.336 e. The van der Waals surface area contributed by atoms with Crippen molar-refractivity contribution in [2.75, 3.05) is 5.32 Å². The van der Waals surface area contributed by atoms with Gasteiger partial charge >= 0.3 is 17.9 Å². The zero-order chi connectivity index (χ0) is 31.7. The molecule has 1 amide bonds. The number of carboxylic acid groups (broad SMARTS) is 3. The van der Waals surface area contributed by atoms with Gasteiger partial charge in [0.2, 0.25) is 5.91 Å². The van der Waals surface area contributed by atoms with Crippen molar-refractivity contribution < 1.29 is 39.6 Å². The Bertz CT molecular complexity index is 1200. The summed E-state index contributed by atoms with van der Waals surface area (Å²) >= 11 is 0. The maximum atomic E-state index is 11.3. The molecule has 2 heterocycles. The van der Waals surface area contributed by atoms with Gasteiger partial charge in [-0.1, -0.05) is 12.1 Å². The number of hydrogen-bond donors (Lipinski definition) is 6. The number of anilines is 1. The first kappa shape index (κ1) is 34.3. The number of nitrogens with one attached hydrogen (secondary N) is 2. The molecule has 2 aromatic rings. The molecular weight excluding hydrogens is 544 g/mol. The van der Waals surface area contributed by atoms with Gasteiger partial charge in [0.15, 0.2) is 5.60 Å². The Hall–Kier alpha value is -3.87. The molecule has 6 N–H and O–H groups in total. The number of carboxylic acids is 3. The standard InChI is InChI=1S/C24H34N4O.C6H8O7/c1-18(29)26-21-8-6-19(7-9-21)16-28(17-20-10-12-25-13-11-20)22-14-23(2,3)27-24(4,5)15-22;7-3(8)1-6(13,5(11)12)2-4(9)10/h6-13,22,27H,14-17H2,1-5H3,(H,26,29);13H,1-2H2,(H,7,8)(H,9,10)(H,11,12). The summed E-state index contributed by atoms with van der Waals surface area (Å²) in [7, 11) is 0. The van der Waals surface area contributed by atoms with Crippen molar-refractivity contribution in [3.8, 4) is 0 Å². The highest BCUT2D eigenvalue weighted by Gasteiger charge is 2.41. The molecule has 12 heteroatoms. The van der Waals surface area contributed by atoms with Gasteiger partial charge in [-0.05, 0) is 75.9 Å². The molecule has 0 unspecified atom stereocenters. The second kappa shape index (κ2) is 14.3. The molecule has 42 heavy (non-hydrogen) atoms. The van der Waals surface area contributed by atoms with Crippen LogP contribution in [0.15, 0.2) is 48.8 Å². The van der Waals surface area contributed by atoms with Crippen molar-refractivity contribution in [2.24, 2.45) is 0 Å². The van der Waals surface area contributed by atoms with E-state index in [1.807, 2.05) is 24.5 Å². The molecule has 0 atom stereocenters. The van der Waals surface area contributed by atoms with Gasteiger partial charge in [-0.2, -0.15) is 0 Å². The molecule has 0 aliphatic carbocycles. The fourth-order valence-corrected chi connectivity index (χ4v) is 5.41. The van der Waals surface area contributed by atoms with E-state index in [0.717, 1.165) is 31.6 Å². The maximum absolute atomic E-state index is 11.3. The van der Waals surface area contributed by atoms with E-state index in [2.05, 4.69) is 72.5 Å². The fraction of sp³-hybridized carbons (Fsp3) is 0.500. The van der Waals surface area contributed by atoms with Crippen molar-refractivity contribution in [1.29, 1.82) is 0 Å². The third-order valence-corrected chi connectivity index (χ3v) is 6.77. The molecule has 0 bridgehead atoms. The van der Waals surface area contributed by atoms with Crippen molar-refractivity contribution >= 4 is 29.5 Å². The number of amides is 1. The van der Waals surface area contributed by atoms with Crippen LogP contribution in [0.25, 0.3) is 0 Å². The number of carbonyl (C=O) groups excluding carboxylic acids is 1. The smallest absolute Gasteiger partial charge is 0.336 e. The van der Waals surface area contributed by atoms with Crippen LogP contribution in [0.4, 0.5) is 5.69 Å². The molecule has 1 aliphatic heterocycles. The number of aliphatic carboxylic acids is 3. The second-order valence-corrected chi connectivity index (χ2v) is 12.1. The molecule has 230 valence electrons. The second-order valence-electron chi connectivity index (χ2n) is 12.1. The molecule has 0 saturated carbocycles. The number of rotatable bonds is 11. The van der Waals surface area contributed by atoms with Crippen molar-refractivity contribution in [3.05, 3.63) is 59.9 Å². The third kappa shape index (κ3) is 11.6. The highest BCUT2D eigenvalue weighted by Crippen LogP contribution is 2.33. The van der Waals surface area contributed by atoms with Crippen LogP contribution in [0, 0.1) is 0 Å². The summed E-state index contributed by atoms with van der Waals surface area (Å²) in [6.07, 6.45) is 3.65. The molecule has 1 aromatic carbocycles. The lowest BCUT2D eigenvalue weighted by Crippen LogP contribution is -2.62. The Morgan fingerprint density at radius 3 is 1.74 bits per heavy atom. The largest absolute Gasteiger partial charge is 0.481 e. The van der Waals surface area contributed by atoms with Crippen LogP contribution in [0.2, 0.25) is 0 Å². The van der Waals surface area contributed by atoms with Crippen LogP contribution < -0.4 is 10.6 Å². The molecular formula is C30H42N4O8. The molecule has 12 nitrogen and oxygen atoms in total. The molecule has 1 fully saturated rings. The number of hydrogen-bond acceptors (Lipinski definition) is 8. The summed E-state index contributed by atoms with van der Waals surface area (Å²) in [5.74, 6) is -5.06. The average Bonchev–Trinajstić information content (AvgIpc) is 2.82. The van der Waals surface area contributed by atoms with E-state index in [1.165, 1.54) is 18.1 Å². The summed E-state index contributed by atoms with van der Waals surface area (Å²) in [4.78, 5) is 48.5. The first-order valence-electron chi connectivity index (χ1n) is 13.6.